The molecule has 0 saturated carbocycles. The number of nitrogens with two attached hydrogens (primary N) is 1. The Morgan fingerprint density at radius 3 is 2.41 bits per heavy atom. The highest BCUT2D eigenvalue weighted by molar-refractivity contribution is 5.78. The third-order valence-electron chi connectivity index (χ3n) is 2.90. The largest absolute Gasteiger partial charge is 0.369 e. The van der Waals surface area contributed by atoms with Crippen molar-refractivity contribution in [3.8, 4) is 11.1 Å². The predicted molar refractivity (Wildman–Crippen MR) is 69.5 cm³/mol. The molecule has 2 N–H and O–H groups in total. The molecule has 0 aromatic heterocycles. The minimum atomic E-state index is -0.293. The number of benzene rings is 2. The van der Waals surface area contributed by atoms with E-state index in [1.807, 2.05) is 37.3 Å². The van der Waals surface area contributed by atoms with Gasteiger partial charge in [-0.3, -0.25) is 4.79 Å². The number of hydrogen-bond acceptors (Lipinski definition) is 1. The number of amides is 1. The van der Waals surface area contributed by atoms with Crippen LogP contribution in [-0.4, -0.2) is 5.91 Å². The van der Waals surface area contributed by atoms with Crippen molar-refractivity contribution in [2.75, 3.05) is 0 Å². The number of carbonyl (C=O) groups excluding carboxylic acids is 1. The number of hydrogen-bond donors (Lipinski definition) is 1. The van der Waals surface area contributed by atoms with E-state index in [0.717, 1.165) is 22.3 Å². The zero-order chi connectivity index (χ0) is 12.3. The van der Waals surface area contributed by atoms with E-state index < -0.39 is 0 Å². The molecule has 0 unspecified atom stereocenters. The van der Waals surface area contributed by atoms with E-state index in [-0.39, 0.29) is 5.91 Å². The Morgan fingerprint density at radius 1 is 1.06 bits per heavy atom. The van der Waals surface area contributed by atoms with Crippen LogP contribution in [0.25, 0.3) is 11.1 Å². The lowest BCUT2D eigenvalue weighted by Crippen LogP contribution is -2.14. The van der Waals surface area contributed by atoms with Gasteiger partial charge in [0.05, 0.1) is 6.42 Å². The fourth-order valence-electron chi connectivity index (χ4n) is 1.99. The Kier molecular flexibility index (Phi) is 3.24. The minimum Gasteiger partial charge on any atom is -0.369 e. The summed E-state index contributed by atoms with van der Waals surface area (Å²) in [5.74, 6) is -0.293. The quantitative estimate of drug-likeness (QED) is 0.857. The molecular formula is C15H15NO. The van der Waals surface area contributed by atoms with E-state index in [4.69, 9.17) is 5.73 Å². The molecule has 1 amide bonds. The van der Waals surface area contributed by atoms with E-state index in [2.05, 4.69) is 18.2 Å². The fraction of sp³-hybridized carbons (Fsp3) is 0.133. The SMILES string of the molecule is Cc1c(CC(N)=O)cccc1-c1ccccc1. The molecular weight excluding hydrogens is 210 g/mol. The van der Waals surface area contributed by atoms with E-state index in [1.165, 1.54) is 0 Å². The van der Waals surface area contributed by atoms with Crippen LogP contribution in [0.2, 0.25) is 0 Å². The van der Waals surface area contributed by atoms with Crippen LogP contribution < -0.4 is 5.73 Å². The molecule has 0 atom stereocenters. The third kappa shape index (κ3) is 2.53. The molecule has 2 aromatic rings. The monoisotopic (exact) mass is 225 g/mol. The van der Waals surface area contributed by atoms with Gasteiger partial charge in [0.1, 0.15) is 0 Å². The zero-order valence-electron chi connectivity index (χ0n) is 9.81. The molecule has 0 bridgehead atoms. The summed E-state index contributed by atoms with van der Waals surface area (Å²) in [5.41, 5.74) is 9.68. The van der Waals surface area contributed by atoms with Crippen LogP contribution in [0.4, 0.5) is 0 Å². The molecule has 0 saturated heterocycles. The molecule has 2 aromatic carbocycles. The predicted octanol–water partition coefficient (Wildman–Crippen LogP) is 2.69. The highest BCUT2D eigenvalue weighted by Crippen LogP contribution is 2.25. The van der Waals surface area contributed by atoms with E-state index in [1.54, 1.807) is 0 Å². The summed E-state index contributed by atoms with van der Waals surface area (Å²) >= 11 is 0. The first-order valence-corrected chi connectivity index (χ1v) is 5.60. The van der Waals surface area contributed by atoms with Gasteiger partial charge in [0.15, 0.2) is 0 Å². The van der Waals surface area contributed by atoms with Crippen LogP contribution in [-0.2, 0) is 11.2 Å². The lowest BCUT2D eigenvalue weighted by atomic mass is 9.95. The molecule has 0 fully saturated rings. The fourth-order valence-corrected chi connectivity index (χ4v) is 1.99. The number of primary amides is 1. The summed E-state index contributed by atoms with van der Waals surface area (Å²) < 4.78 is 0. The Bertz CT molecular complexity index is 532. The van der Waals surface area contributed by atoms with Crippen molar-refractivity contribution in [1.29, 1.82) is 0 Å². The van der Waals surface area contributed by atoms with Crippen molar-refractivity contribution < 1.29 is 4.79 Å². The number of carbonyl (C=O) groups is 1. The first kappa shape index (κ1) is 11.4. The molecule has 0 aliphatic rings. The second-order valence-electron chi connectivity index (χ2n) is 4.10. The van der Waals surface area contributed by atoms with Gasteiger partial charge in [-0.2, -0.15) is 0 Å². The van der Waals surface area contributed by atoms with Gasteiger partial charge in [-0.05, 0) is 29.2 Å². The molecule has 0 spiro atoms. The van der Waals surface area contributed by atoms with Crippen molar-refractivity contribution >= 4 is 5.91 Å². The molecule has 86 valence electrons. The lowest BCUT2D eigenvalue weighted by Gasteiger charge is -2.10. The minimum absolute atomic E-state index is 0.293. The van der Waals surface area contributed by atoms with Crippen molar-refractivity contribution in [1.82, 2.24) is 0 Å². The molecule has 17 heavy (non-hydrogen) atoms. The molecule has 2 heteroatoms. The van der Waals surface area contributed by atoms with Crippen LogP contribution in [0.15, 0.2) is 48.5 Å². The average molecular weight is 225 g/mol. The summed E-state index contributed by atoms with van der Waals surface area (Å²) in [4.78, 5) is 11.0. The Morgan fingerprint density at radius 2 is 1.76 bits per heavy atom. The van der Waals surface area contributed by atoms with Gasteiger partial charge in [0.2, 0.25) is 5.91 Å². The van der Waals surface area contributed by atoms with Gasteiger partial charge < -0.3 is 5.73 Å². The van der Waals surface area contributed by atoms with Crippen molar-refractivity contribution in [2.45, 2.75) is 13.3 Å². The van der Waals surface area contributed by atoms with Crippen molar-refractivity contribution in [3.63, 3.8) is 0 Å². The molecule has 0 heterocycles. The second kappa shape index (κ2) is 4.83. The highest BCUT2D eigenvalue weighted by Gasteiger charge is 2.07. The van der Waals surface area contributed by atoms with Crippen LogP contribution in [0, 0.1) is 6.92 Å². The Hall–Kier alpha value is -2.09. The van der Waals surface area contributed by atoms with Crippen LogP contribution in [0.5, 0.6) is 0 Å². The Labute approximate surface area is 101 Å². The molecule has 2 rings (SSSR count). The standard InChI is InChI=1S/C15H15NO/c1-11-13(10-15(16)17)8-5-9-14(11)12-6-3-2-4-7-12/h2-9H,10H2,1H3,(H2,16,17). The summed E-state index contributed by atoms with van der Waals surface area (Å²) in [7, 11) is 0. The van der Waals surface area contributed by atoms with Gasteiger partial charge in [0.25, 0.3) is 0 Å². The second-order valence-corrected chi connectivity index (χ2v) is 4.10. The molecule has 0 radical (unpaired) electrons. The van der Waals surface area contributed by atoms with E-state index in [0.29, 0.717) is 6.42 Å². The summed E-state index contributed by atoms with van der Waals surface area (Å²) in [6.45, 7) is 2.03. The average Bonchev–Trinajstić information content (AvgIpc) is 2.32. The normalized spacial score (nSPS) is 10.2. The lowest BCUT2D eigenvalue weighted by molar-refractivity contribution is -0.117. The Balaban J connectivity index is 2.46. The van der Waals surface area contributed by atoms with E-state index in [9.17, 15) is 4.79 Å². The van der Waals surface area contributed by atoms with Gasteiger partial charge >= 0.3 is 0 Å². The molecule has 2 nitrogen and oxygen atoms in total. The topological polar surface area (TPSA) is 43.1 Å². The van der Waals surface area contributed by atoms with Gasteiger partial charge in [0, 0.05) is 0 Å². The molecule has 0 aliphatic carbocycles. The first-order chi connectivity index (χ1) is 8.18. The summed E-state index contributed by atoms with van der Waals surface area (Å²) in [5, 5.41) is 0. The van der Waals surface area contributed by atoms with Crippen LogP contribution in [0.1, 0.15) is 11.1 Å². The van der Waals surface area contributed by atoms with E-state index >= 15 is 0 Å². The van der Waals surface area contributed by atoms with Gasteiger partial charge in [-0.25, -0.2) is 0 Å². The zero-order valence-corrected chi connectivity index (χ0v) is 9.81. The van der Waals surface area contributed by atoms with Crippen molar-refractivity contribution in [3.05, 3.63) is 59.7 Å². The summed E-state index contributed by atoms with van der Waals surface area (Å²) in [6.07, 6.45) is 0.298. The highest BCUT2D eigenvalue weighted by atomic mass is 16.1. The summed E-state index contributed by atoms with van der Waals surface area (Å²) in [6, 6.07) is 16.1. The smallest absolute Gasteiger partial charge is 0.221 e. The van der Waals surface area contributed by atoms with Crippen LogP contribution in [0.3, 0.4) is 0 Å². The third-order valence-corrected chi connectivity index (χ3v) is 2.90. The number of rotatable bonds is 3. The van der Waals surface area contributed by atoms with Crippen LogP contribution >= 0.6 is 0 Å². The van der Waals surface area contributed by atoms with Gasteiger partial charge in [-0.1, -0.05) is 48.5 Å². The molecule has 0 aliphatic heterocycles. The maximum atomic E-state index is 11.0. The maximum Gasteiger partial charge on any atom is 0.221 e. The van der Waals surface area contributed by atoms with Crippen molar-refractivity contribution in [2.24, 2.45) is 5.73 Å². The van der Waals surface area contributed by atoms with Gasteiger partial charge in [-0.15, -0.1) is 0 Å². The first-order valence-electron chi connectivity index (χ1n) is 5.60. The maximum absolute atomic E-state index is 11.0.